The van der Waals surface area contributed by atoms with Gasteiger partial charge in [0.15, 0.2) is 5.78 Å². The van der Waals surface area contributed by atoms with Gasteiger partial charge in [0.05, 0.1) is 5.56 Å². The third kappa shape index (κ3) is 5.16. The number of carbonyl (C=O) groups excluding carboxylic acids is 1. The van der Waals surface area contributed by atoms with E-state index in [1.165, 1.54) is 10.1 Å². The lowest BCUT2D eigenvalue weighted by atomic mass is 10.0. The molecule has 2 aromatic carbocycles. The zero-order chi connectivity index (χ0) is 27.5. The van der Waals surface area contributed by atoms with Crippen molar-refractivity contribution in [1.82, 2.24) is 14.4 Å². The Labute approximate surface area is 232 Å². The summed E-state index contributed by atoms with van der Waals surface area (Å²) in [5.41, 5.74) is 4.06. The minimum absolute atomic E-state index is 0.0829. The Kier molecular flexibility index (Phi) is 6.97. The maximum absolute atomic E-state index is 13.1. The van der Waals surface area contributed by atoms with Crippen molar-refractivity contribution in [3.8, 4) is 5.88 Å². The summed E-state index contributed by atoms with van der Waals surface area (Å²) in [6.07, 6.45) is 3.35. The van der Waals surface area contributed by atoms with Gasteiger partial charge >= 0.3 is 0 Å². The molecule has 0 spiro atoms. The molecule has 1 aliphatic heterocycles. The van der Waals surface area contributed by atoms with Gasteiger partial charge < -0.3 is 14.5 Å². The van der Waals surface area contributed by atoms with Crippen LogP contribution in [0.4, 0.5) is 11.5 Å². The Morgan fingerprint density at radius 2 is 1.52 bits per heavy atom. The number of hydrogen-bond donors (Lipinski definition) is 0. The largest absolute Gasteiger partial charge is 0.472 e. The van der Waals surface area contributed by atoms with Crippen LogP contribution in [-0.2, 0) is 6.61 Å². The van der Waals surface area contributed by atoms with Crippen LogP contribution in [-0.4, -0.2) is 46.3 Å². The number of para-hydroxylation sites is 1. The van der Waals surface area contributed by atoms with Crippen molar-refractivity contribution in [3.05, 3.63) is 130 Å². The Bertz CT molecular complexity index is 1690. The first-order valence-electron chi connectivity index (χ1n) is 13.3. The number of rotatable bonds is 7. The number of aromatic nitrogens is 3. The molecule has 1 aliphatic rings. The quantitative estimate of drug-likeness (QED) is 0.286. The fourth-order valence-electron chi connectivity index (χ4n) is 4.91. The molecule has 0 N–H and O–H groups in total. The van der Waals surface area contributed by atoms with Crippen molar-refractivity contribution >= 4 is 22.9 Å². The van der Waals surface area contributed by atoms with Crippen LogP contribution in [0, 0.1) is 6.92 Å². The highest BCUT2D eigenvalue weighted by Gasteiger charge is 2.19. The smallest absolute Gasteiger partial charge is 0.264 e. The predicted molar refractivity (Wildman–Crippen MR) is 156 cm³/mol. The summed E-state index contributed by atoms with van der Waals surface area (Å²) in [4.78, 5) is 39.4. The molecule has 0 aliphatic carbocycles. The Morgan fingerprint density at radius 1 is 0.825 bits per heavy atom. The predicted octanol–water partition coefficient (Wildman–Crippen LogP) is 4.53. The Balaban J connectivity index is 1.07. The maximum atomic E-state index is 13.1. The van der Waals surface area contributed by atoms with Gasteiger partial charge in [-0.1, -0.05) is 48.5 Å². The number of ether oxygens (including phenoxy) is 1. The van der Waals surface area contributed by atoms with Gasteiger partial charge in [-0.2, -0.15) is 4.98 Å². The molecule has 0 atom stereocenters. The first kappa shape index (κ1) is 25.3. The summed E-state index contributed by atoms with van der Waals surface area (Å²) in [6, 6.07) is 26.9. The zero-order valence-corrected chi connectivity index (χ0v) is 22.2. The minimum Gasteiger partial charge on any atom is -0.472 e. The second kappa shape index (κ2) is 11.0. The van der Waals surface area contributed by atoms with Crippen LogP contribution in [0.1, 0.15) is 27.0 Å². The monoisotopic (exact) mass is 531 g/mol. The molecule has 200 valence electrons. The minimum atomic E-state index is -0.157. The standard InChI is InChI=1S/C32H29N5O3/c1-23-31(34-29-9-5-6-16-37(29)32(23)39)40-22-24-10-12-25(13-11-24)30(38)26-14-15-28(33-21-26)36-19-17-35(18-20-36)27-7-3-2-4-8-27/h2-16,21H,17-20,22H2,1H3. The van der Waals surface area contributed by atoms with E-state index in [2.05, 4.69) is 44.0 Å². The van der Waals surface area contributed by atoms with E-state index in [-0.39, 0.29) is 17.9 Å². The molecule has 0 unspecified atom stereocenters. The SMILES string of the molecule is Cc1c(OCc2ccc(C(=O)c3ccc(N4CCN(c5ccccc5)CC4)nc3)cc2)nc2ccccn2c1=O. The highest BCUT2D eigenvalue weighted by atomic mass is 16.5. The number of fused-ring (bicyclic) bond motifs is 1. The molecule has 0 amide bonds. The molecule has 0 radical (unpaired) electrons. The molecule has 0 saturated carbocycles. The van der Waals surface area contributed by atoms with E-state index < -0.39 is 0 Å². The second-order valence-electron chi connectivity index (χ2n) is 9.81. The topological polar surface area (TPSA) is 80.0 Å². The van der Waals surface area contributed by atoms with Crippen LogP contribution in [0.25, 0.3) is 5.65 Å². The normalized spacial score (nSPS) is 13.4. The Morgan fingerprint density at radius 3 is 2.25 bits per heavy atom. The van der Waals surface area contributed by atoms with E-state index in [0.29, 0.717) is 28.2 Å². The highest BCUT2D eigenvalue weighted by molar-refractivity contribution is 6.08. The number of ketones is 1. The molecular formula is C32H29N5O3. The summed E-state index contributed by atoms with van der Waals surface area (Å²) in [5, 5.41) is 0. The average Bonchev–Trinajstić information content (AvgIpc) is 3.02. The van der Waals surface area contributed by atoms with Crippen molar-refractivity contribution < 1.29 is 9.53 Å². The van der Waals surface area contributed by atoms with Gasteiger partial charge in [-0.15, -0.1) is 0 Å². The van der Waals surface area contributed by atoms with Gasteiger partial charge in [-0.3, -0.25) is 14.0 Å². The third-order valence-electron chi connectivity index (χ3n) is 7.24. The number of pyridine rings is 2. The van der Waals surface area contributed by atoms with E-state index in [9.17, 15) is 9.59 Å². The molecule has 8 nitrogen and oxygen atoms in total. The van der Waals surface area contributed by atoms with E-state index >= 15 is 0 Å². The maximum Gasteiger partial charge on any atom is 0.264 e. The molecule has 0 bridgehead atoms. The molecule has 40 heavy (non-hydrogen) atoms. The molecular weight excluding hydrogens is 502 g/mol. The van der Waals surface area contributed by atoms with Crippen molar-refractivity contribution in [2.45, 2.75) is 13.5 Å². The molecule has 1 saturated heterocycles. The Hall–Kier alpha value is -4.98. The van der Waals surface area contributed by atoms with Crippen LogP contribution in [0.2, 0.25) is 0 Å². The molecule has 4 heterocycles. The lowest BCUT2D eigenvalue weighted by Crippen LogP contribution is -2.46. The fourth-order valence-corrected chi connectivity index (χ4v) is 4.91. The summed E-state index contributed by atoms with van der Waals surface area (Å²) in [5.74, 6) is 1.11. The van der Waals surface area contributed by atoms with Gasteiger partial charge in [-0.25, -0.2) is 4.98 Å². The first-order valence-corrected chi connectivity index (χ1v) is 13.3. The number of anilines is 2. The summed E-state index contributed by atoms with van der Waals surface area (Å²) >= 11 is 0. The summed E-state index contributed by atoms with van der Waals surface area (Å²) in [6.45, 7) is 5.55. The zero-order valence-electron chi connectivity index (χ0n) is 22.2. The number of carbonyl (C=O) groups is 1. The lowest BCUT2D eigenvalue weighted by molar-refractivity contribution is 0.103. The van der Waals surface area contributed by atoms with E-state index in [0.717, 1.165) is 37.6 Å². The molecule has 6 rings (SSSR count). The molecule has 1 fully saturated rings. The van der Waals surface area contributed by atoms with Crippen LogP contribution in [0.5, 0.6) is 5.88 Å². The van der Waals surface area contributed by atoms with Crippen LogP contribution >= 0.6 is 0 Å². The van der Waals surface area contributed by atoms with E-state index in [4.69, 9.17) is 4.74 Å². The van der Waals surface area contributed by atoms with Gasteiger partial charge in [0.25, 0.3) is 5.56 Å². The van der Waals surface area contributed by atoms with E-state index in [1.807, 2.05) is 36.4 Å². The van der Waals surface area contributed by atoms with Gasteiger partial charge in [-0.05, 0) is 48.9 Å². The summed E-state index contributed by atoms with van der Waals surface area (Å²) < 4.78 is 7.37. The van der Waals surface area contributed by atoms with Crippen LogP contribution < -0.4 is 20.1 Å². The van der Waals surface area contributed by atoms with Crippen molar-refractivity contribution in [2.24, 2.45) is 0 Å². The van der Waals surface area contributed by atoms with Crippen molar-refractivity contribution in [2.75, 3.05) is 36.0 Å². The van der Waals surface area contributed by atoms with Gasteiger partial charge in [0.2, 0.25) is 5.88 Å². The summed E-state index contributed by atoms with van der Waals surface area (Å²) in [7, 11) is 0. The first-order chi connectivity index (χ1) is 19.6. The number of benzene rings is 2. The average molecular weight is 532 g/mol. The number of hydrogen-bond acceptors (Lipinski definition) is 7. The van der Waals surface area contributed by atoms with Crippen LogP contribution in [0.3, 0.4) is 0 Å². The fraction of sp³-hybridized carbons (Fsp3) is 0.188. The molecule has 8 heteroatoms. The second-order valence-corrected chi connectivity index (χ2v) is 9.81. The molecule has 3 aromatic heterocycles. The lowest BCUT2D eigenvalue weighted by Gasteiger charge is -2.36. The van der Waals surface area contributed by atoms with E-state index in [1.54, 1.807) is 43.6 Å². The van der Waals surface area contributed by atoms with Gasteiger partial charge in [0.1, 0.15) is 18.1 Å². The number of nitrogens with zero attached hydrogens (tertiary/aromatic N) is 5. The van der Waals surface area contributed by atoms with Gasteiger partial charge in [0, 0.05) is 55.4 Å². The third-order valence-corrected chi connectivity index (χ3v) is 7.24. The van der Waals surface area contributed by atoms with Crippen molar-refractivity contribution in [1.29, 1.82) is 0 Å². The highest BCUT2D eigenvalue weighted by Crippen LogP contribution is 2.20. The molecule has 5 aromatic rings. The number of piperazine rings is 1. The van der Waals surface area contributed by atoms with Crippen molar-refractivity contribution in [3.63, 3.8) is 0 Å². The van der Waals surface area contributed by atoms with Crippen LogP contribution in [0.15, 0.2) is 102 Å².